The van der Waals surface area contributed by atoms with Crippen LogP contribution in [0.4, 0.5) is 5.69 Å². The predicted octanol–water partition coefficient (Wildman–Crippen LogP) is 4.01. The zero-order valence-electron chi connectivity index (χ0n) is 22.3. The van der Waals surface area contributed by atoms with E-state index in [4.69, 9.17) is 9.47 Å². The van der Waals surface area contributed by atoms with Gasteiger partial charge in [-0.15, -0.1) is 0 Å². The van der Waals surface area contributed by atoms with Crippen molar-refractivity contribution >= 4 is 34.3 Å². The largest absolute Gasteiger partial charge is 0.493 e. The molecule has 0 spiro atoms. The number of benzene rings is 3. The minimum atomic E-state index is -0.344. The third kappa shape index (κ3) is 4.29. The SMILES string of the molecule is COc1cccc(CN2C(=O)c3cccc(N4CCN(C(=O)c5ccc6ncccc6c5)CC4)c3C2=O)c1OC. The number of piperazine rings is 1. The molecule has 0 N–H and O–H groups in total. The van der Waals surface area contributed by atoms with Crippen LogP contribution in [-0.4, -0.2) is 72.9 Å². The number of carbonyl (C=O) groups excluding carboxylic acids is 3. The van der Waals surface area contributed by atoms with Crippen LogP contribution in [0.25, 0.3) is 10.9 Å². The molecular weight excluding hydrogens is 508 g/mol. The number of carbonyl (C=O) groups is 3. The second-order valence-electron chi connectivity index (χ2n) is 9.74. The highest BCUT2D eigenvalue weighted by Gasteiger charge is 2.39. The number of amides is 3. The summed E-state index contributed by atoms with van der Waals surface area (Å²) < 4.78 is 10.9. The van der Waals surface area contributed by atoms with Gasteiger partial charge >= 0.3 is 0 Å². The smallest absolute Gasteiger partial charge is 0.263 e. The number of para-hydroxylation sites is 1. The number of hydrogen-bond acceptors (Lipinski definition) is 7. The van der Waals surface area contributed by atoms with Crippen molar-refractivity contribution in [2.75, 3.05) is 45.3 Å². The van der Waals surface area contributed by atoms with Gasteiger partial charge in [0.05, 0.1) is 43.1 Å². The van der Waals surface area contributed by atoms with E-state index in [-0.39, 0.29) is 24.3 Å². The van der Waals surface area contributed by atoms with E-state index in [0.717, 1.165) is 10.9 Å². The fourth-order valence-electron chi connectivity index (χ4n) is 5.51. The van der Waals surface area contributed by atoms with Gasteiger partial charge in [-0.25, -0.2) is 0 Å². The molecule has 1 aromatic heterocycles. The summed E-state index contributed by atoms with van der Waals surface area (Å²) in [5, 5.41) is 0.922. The summed E-state index contributed by atoms with van der Waals surface area (Å²) in [7, 11) is 3.08. The molecule has 40 heavy (non-hydrogen) atoms. The van der Waals surface area contributed by atoms with Crippen LogP contribution in [0.15, 0.2) is 72.9 Å². The number of nitrogens with zero attached hydrogens (tertiary/aromatic N) is 4. The fraction of sp³-hybridized carbons (Fsp3) is 0.226. The molecule has 0 unspecified atom stereocenters. The molecule has 3 amide bonds. The molecule has 0 aliphatic carbocycles. The van der Waals surface area contributed by atoms with Crippen molar-refractivity contribution in [2.45, 2.75) is 6.54 Å². The number of methoxy groups -OCH3 is 2. The first-order valence-corrected chi connectivity index (χ1v) is 13.1. The number of anilines is 1. The molecule has 4 aromatic rings. The molecule has 6 rings (SSSR count). The molecule has 1 saturated heterocycles. The Morgan fingerprint density at radius 1 is 0.875 bits per heavy atom. The summed E-state index contributed by atoms with van der Waals surface area (Å²) in [6.07, 6.45) is 1.73. The Bertz CT molecular complexity index is 1640. The van der Waals surface area contributed by atoms with Crippen molar-refractivity contribution in [2.24, 2.45) is 0 Å². The lowest BCUT2D eigenvalue weighted by atomic mass is 10.1. The van der Waals surface area contributed by atoms with E-state index in [2.05, 4.69) is 9.88 Å². The van der Waals surface area contributed by atoms with Crippen LogP contribution in [0.5, 0.6) is 11.5 Å². The highest BCUT2D eigenvalue weighted by Crippen LogP contribution is 2.36. The highest BCUT2D eigenvalue weighted by atomic mass is 16.5. The number of pyridine rings is 1. The van der Waals surface area contributed by atoms with E-state index in [0.29, 0.717) is 65.6 Å². The van der Waals surface area contributed by atoms with E-state index in [1.165, 1.54) is 12.0 Å². The van der Waals surface area contributed by atoms with Gasteiger partial charge < -0.3 is 19.3 Å². The first-order valence-electron chi connectivity index (χ1n) is 13.1. The standard InChI is InChI=1S/C31H28N4O5/c1-39-26-10-3-6-22(28(26)40-2)19-35-30(37)23-8-4-9-25(27(23)31(35)38)33-14-16-34(17-15-33)29(36)21-11-12-24-20(18-21)7-5-13-32-24/h3-13,18H,14-17,19H2,1-2H3. The van der Waals surface area contributed by atoms with E-state index in [1.807, 2.05) is 47.4 Å². The van der Waals surface area contributed by atoms with Crippen molar-refractivity contribution in [3.05, 3.63) is 95.2 Å². The van der Waals surface area contributed by atoms with Crippen molar-refractivity contribution in [3.8, 4) is 11.5 Å². The fourth-order valence-corrected chi connectivity index (χ4v) is 5.51. The van der Waals surface area contributed by atoms with E-state index in [9.17, 15) is 14.4 Å². The normalized spacial score (nSPS) is 15.0. The summed E-state index contributed by atoms with van der Waals surface area (Å²) in [6.45, 7) is 2.15. The number of hydrogen-bond donors (Lipinski definition) is 0. The summed E-state index contributed by atoms with van der Waals surface area (Å²) in [5.74, 6) is 0.304. The van der Waals surface area contributed by atoms with E-state index < -0.39 is 0 Å². The second-order valence-corrected chi connectivity index (χ2v) is 9.74. The number of aromatic nitrogens is 1. The molecule has 0 saturated carbocycles. The monoisotopic (exact) mass is 536 g/mol. The van der Waals surface area contributed by atoms with Crippen LogP contribution in [-0.2, 0) is 6.54 Å². The summed E-state index contributed by atoms with van der Waals surface area (Å²) in [6, 6.07) is 20.1. The Labute approximate surface area is 231 Å². The van der Waals surface area contributed by atoms with Crippen LogP contribution in [0.1, 0.15) is 36.6 Å². The maximum absolute atomic E-state index is 13.6. The quantitative estimate of drug-likeness (QED) is 0.344. The van der Waals surface area contributed by atoms with Crippen LogP contribution < -0.4 is 14.4 Å². The van der Waals surface area contributed by atoms with E-state index in [1.54, 1.807) is 37.6 Å². The van der Waals surface area contributed by atoms with Gasteiger partial charge in [-0.1, -0.05) is 24.3 Å². The van der Waals surface area contributed by atoms with Gasteiger partial charge in [-0.3, -0.25) is 24.3 Å². The molecule has 3 heterocycles. The van der Waals surface area contributed by atoms with Crippen molar-refractivity contribution in [1.82, 2.24) is 14.8 Å². The third-order valence-electron chi connectivity index (χ3n) is 7.55. The Kier molecular flexibility index (Phi) is 6.55. The van der Waals surface area contributed by atoms with Gasteiger partial charge in [0.25, 0.3) is 17.7 Å². The van der Waals surface area contributed by atoms with Crippen molar-refractivity contribution in [1.29, 1.82) is 0 Å². The molecule has 0 bridgehead atoms. The third-order valence-corrected chi connectivity index (χ3v) is 7.55. The van der Waals surface area contributed by atoms with Crippen molar-refractivity contribution < 1.29 is 23.9 Å². The Morgan fingerprint density at radius 2 is 1.68 bits per heavy atom. The van der Waals surface area contributed by atoms with Crippen LogP contribution in [0.2, 0.25) is 0 Å². The molecule has 9 nitrogen and oxygen atoms in total. The molecule has 2 aliphatic rings. The summed E-state index contributed by atoms with van der Waals surface area (Å²) in [5.41, 5.74) is 3.64. The lowest BCUT2D eigenvalue weighted by Crippen LogP contribution is -2.49. The molecule has 2 aliphatic heterocycles. The topological polar surface area (TPSA) is 92.3 Å². The number of fused-ring (bicyclic) bond motifs is 2. The molecule has 202 valence electrons. The number of imide groups is 1. The molecule has 9 heteroatoms. The molecule has 3 aromatic carbocycles. The lowest BCUT2D eigenvalue weighted by molar-refractivity contribution is 0.0639. The van der Waals surface area contributed by atoms with Crippen molar-refractivity contribution in [3.63, 3.8) is 0 Å². The maximum Gasteiger partial charge on any atom is 0.263 e. The lowest BCUT2D eigenvalue weighted by Gasteiger charge is -2.36. The average Bonchev–Trinajstić information content (AvgIpc) is 3.25. The first-order chi connectivity index (χ1) is 19.5. The minimum absolute atomic E-state index is 0.0339. The van der Waals surface area contributed by atoms with Crippen LogP contribution >= 0.6 is 0 Å². The zero-order valence-corrected chi connectivity index (χ0v) is 22.3. The van der Waals surface area contributed by atoms with Gasteiger partial charge in [0.1, 0.15) is 0 Å². The van der Waals surface area contributed by atoms with Gasteiger partial charge in [-0.05, 0) is 42.5 Å². The van der Waals surface area contributed by atoms with E-state index >= 15 is 0 Å². The van der Waals surface area contributed by atoms with Crippen LogP contribution in [0, 0.1) is 0 Å². The van der Waals surface area contributed by atoms with Gasteiger partial charge in [0, 0.05) is 48.9 Å². The molecule has 0 radical (unpaired) electrons. The van der Waals surface area contributed by atoms with Gasteiger partial charge in [0.2, 0.25) is 0 Å². The Hall–Kier alpha value is -4.92. The number of ether oxygens (including phenoxy) is 2. The Morgan fingerprint density at radius 3 is 2.45 bits per heavy atom. The molecule has 0 atom stereocenters. The first kappa shape index (κ1) is 25.4. The second kappa shape index (κ2) is 10.3. The zero-order chi connectivity index (χ0) is 27.8. The molecule has 1 fully saturated rings. The molecular formula is C31H28N4O5. The Balaban J connectivity index is 1.20. The van der Waals surface area contributed by atoms with Crippen LogP contribution in [0.3, 0.4) is 0 Å². The average molecular weight is 537 g/mol. The predicted molar refractivity (Wildman–Crippen MR) is 150 cm³/mol. The highest BCUT2D eigenvalue weighted by molar-refractivity contribution is 6.23. The maximum atomic E-state index is 13.6. The van der Waals surface area contributed by atoms with Gasteiger partial charge in [-0.2, -0.15) is 0 Å². The number of rotatable bonds is 6. The summed E-state index contributed by atoms with van der Waals surface area (Å²) in [4.78, 5) is 49.7. The summed E-state index contributed by atoms with van der Waals surface area (Å²) >= 11 is 0. The van der Waals surface area contributed by atoms with Gasteiger partial charge in [0.15, 0.2) is 11.5 Å². The minimum Gasteiger partial charge on any atom is -0.493 e.